The number of nitrogen functional groups attached to an aromatic ring is 1. The Kier molecular flexibility index (Phi) is 2.99. The molecule has 2 aromatic rings. The number of aliphatic hydroxyl groups is 1. The van der Waals surface area contributed by atoms with Crippen LogP contribution in [0.3, 0.4) is 0 Å². The van der Waals surface area contributed by atoms with E-state index >= 15 is 0 Å². The fraction of sp³-hybridized carbons (Fsp3) is 0.182. The molecule has 0 aliphatic carbocycles. The summed E-state index contributed by atoms with van der Waals surface area (Å²) in [5.41, 5.74) is 7.34. The Morgan fingerprint density at radius 2 is 2.33 bits per heavy atom. The number of aromatic nitrogens is 1. The number of hydrogen-bond acceptors (Lipinski definition) is 4. The summed E-state index contributed by atoms with van der Waals surface area (Å²) in [4.78, 5) is 4.95. The van der Waals surface area contributed by atoms with Crippen LogP contribution < -0.4 is 5.73 Å². The zero-order valence-electron chi connectivity index (χ0n) is 8.13. The minimum atomic E-state index is -0.489. The lowest BCUT2D eigenvalue weighted by Gasteiger charge is -2.09. The van der Waals surface area contributed by atoms with Crippen LogP contribution in [0, 0.1) is 0 Å². The van der Waals surface area contributed by atoms with Gasteiger partial charge in [0.05, 0.1) is 6.10 Å². The van der Waals surface area contributed by atoms with E-state index in [9.17, 15) is 5.11 Å². The van der Waals surface area contributed by atoms with Crippen LogP contribution in [0.2, 0.25) is 0 Å². The quantitative estimate of drug-likeness (QED) is 0.831. The fourth-order valence-corrected chi connectivity index (χ4v) is 2.11. The van der Waals surface area contributed by atoms with Crippen LogP contribution in [0.5, 0.6) is 0 Å². The van der Waals surface area contributed by atoms with E-state index in [2.05, 4.69) is 4.98 Å². The molecule has 0 saturated heterocycles. The van der Waals surface area contributed by atoms with Gasteiger partial charge >= 0.3 is 0 Å². The molecule has 0 aromatic carbocycles. The van der Waals surface area contributed by atoms with Gasteiger partial charge in [0, 0.05) is 29.4 Å². The molecule has 0 bridgehead atoms. The molecule has 1 unspecified atom stereocenters. The molecule has 2 aromatic heterocycles. The van der Waals surface area contributed by atoms with E-state index < -0.39 is 6.10 Å². The first-order valence-corrected chi connectivity index (χ1v) is 5.55. The van der Waals surface area contributed by atoms with Crippen LogP contribution in [0.15, 0.2) is 36.0 Å². The van der Waals surface area contributed by atoms with Gasteiger partial charge in [-0.05, 0) is 23.1 Å². The molecule has 0 fully saturated rings. The molecule has 2 rings (SSSR count). The number of hydrogen-bond donors (Lipinski definition) is 2. The van der Waals surface area contributed by atoms with Gasteiger partial charge in [0.25, 0.3) is 0 Å². The van der Waals surface area contributed by atoms with E-state index in [1.165, 1.54) is 0 Å². The molecule has 15 heavy (non-hydrogen) atoms. The van der Waals surface area contributed by atoms with E-state index in [4.69, 9.17) is 5.73 Å². The van der Waals surface area contributed by atoms with Crippen molar-refractivity contribution in [2.75, 3.05) is 5.73 Å². The SMILES string of the molecule is Nc1ccncc1CC(O)c1cccs1. The molecule has 0 spiro atoms. The molecule has 0 saturated carbocycles. The zero-order chi connectivity index (χ0) is 10.7. The van der Waals surface area contributed by atoms with Crippen LogP contribution in [0.25, 0.3) is 0 Å². The van der Waals surface area contributed by atoms with Crippen molar-refractivity contribution in [3.8, 4) is 0 Å². The largest absolute Gasteiger partial charge is 0.398 e. The van der Waals surface area contributed by atoms with Crippen molar-refractivity contribution in [2.24, 2.45) is 0 Å². The van der Waals surface area contributed by atoms with Crippen LogP contribution in [0.1, 0.15) is 16.5 Å². The van der Waals surface area contributed by atoms with Gasteiger partial charge in [-0.25, -0.2) is 0 Å². The number of anilines is 1. The highest BCUT2D eigenvalue weighted by atomic mass is 32.1. The molecule has 2 heterocycles. The number of aliphatic hydroxyl groups excluding tert-OH is 1. The summed E-state index contributed by atoms with van der Waals surface area (Å²) in [6.07, 6.45) is 3.37. The van der Waals surface area contributed by atoms with Crippen LogP contribution in [-0.2, 0) is 6.42 Å². The zero-order valence-corrected chi connectivity index (χ0v) is 8.95. The minimum Gasteiger partial charge on any atom is -0.398 e. The lowest BCUT2D eigenvalue weighted by molar-refractivity contribution is 0.182. The molecule has 4 heteroatoms. The van der Waals surface area contributed by atoms with Gasteiger partial charge in [-0.2, -0.15) is 0 Å². The van der Waals surface area contributed by atoms with E-state index in [0.29, 0.717) is 12.1 Å². The third-order valence-corrected chi connectivity index (χ3v) is 3.20. The van der Waals surface area contributed by atoms with Crippen molar-refractivity contribution in [3.63, 3.8) is 0 Å². The summed E-state index contributed by atoms with van der Waals surface area (Å²) in [5.74, 6) is 0. The Hall–Kier alpha value is -1.39. The molecule has 78 valence electrons. The second-order valence-electron chi connectivity index (χ2n) is 3.31. The molecule has 0 radical (unpaired) electrons. The maximum absolute atomic E-state index is 9.91. The summed E-state index contributed by atoms with van der Waals surface area (Å²) in [6, 6.07) is 5.59. The second-order valence-corrected chi connectivity index (χ2v) is 4.29. The smallest absolute Gasteiger partial charge is 0.0923 e. The maximum atomic E-state index is 9.91. The molecule has 0 aliphatic heterocycles. The summed E-state index contributed by atoms with van der Waals surface area (Å²) in [6.45, 7) is 0. The molecular weight excluding hydrogens is 208 g/mol. The van der Waals surface area contributed by atoms with Gasteiger partial charge in [0.2, 0.25) is 0 Å². The normalized spacial score (nSPS) is 12.6. The highest BCUT2D eigenvalue weighted by molar-refractivity contribution is 7.10. The number of rotatable bonds is 3. The molecule has 3 N–H and O–H groups in total. The number of nitrogens with zero attached hydrogens (tertiary/aromatic N) is 1. The van der Waals surface area contributed by atoms with Gasteiger partial charge < -0.3 is 10.8 Å². The van der Waals surface area contributed by atoms with E-state index in [1.54, 1.807) is 29.8 Å². The molecule has 1 atom stereocenters. The summed E-state index contributed by atoms with van der Waals surface area (Å²) in [5, 5.41) is 11.9. The average Bonchev–Trinajstić information content (AvgIpc) is 2.74. The topological polar surface area (TPSA) is 59.1 Å². The maximum Gasteiger partial charge on any atom is 0.0923 e. The Morgan fingerprint density at radius 3 is 3.00 bits per heavy atom. The fourth-order valence-electron chi connectivity index (χ4n) is 1.40. The number of thiophene rings is 1. The Bertz CT molecular complexity index is 428. The minimum absolute atomic E-state index is 0.489. The monoisotopic (exact) mass is 220 g/mol. The summed E-state index contributed by atoms with van der Waals surface area (Å²) in [7, 11) is 0. The summed E-state index contributed by atoms with van der Waals surface area (Å²) < 4.78 is 0. The van der Waals surface area contributed by atoms with Gasteiger partial charge in [-0.1, -0.05) is 6.07 Å². The van der Waals surface area contributed by atoms with Crippen LogP contribution in [-0.4, -0.2) is 10.1 Å². The molecule has 0 amide bonds. The lowest BCUT2D eigenvalue weighted by Crippen LogP contribution is -2.03. The van der Waals surface area contributed by atoms with Crippen molar-refractivity contribution in [3.05, 3.63) is 46.4 Å². The van der Waals surface area contributed by atoms with Gasteiger partial charge in [-0.15, -0.1) is 11.3 Å². The van der Waals surface area contributed by atoms with Crippen molar-refractivity contribution in [1.29, 1.82) is 0 Å². The Morgan fingerprint density at radius 1 is 1.47 bits per heavy atom. The van der Waals surface area contributed by atoms with Crippen molar-refractivity contribution in [2.45, 2.75) is 12.5 Å². The molecule has 0 aliphatic rings. The highest BCUT2D eigenvalue weighted by Crippen LogP contribution is 2.24. The van der Waals surface area contributed by atoms with Crippen molar-refractivity contribution in [1.82, 2.24) is 4.98 Å². The average molecular weight is 220 g/mol. The predicted molar refractivity (Wildman–Crippen MR) is 61.6 cm³/mol. The van der Waals surface area contributed by atoms with Gasteiger partial charge in [0.15, 0.2) is 0 Å². The highest BCUT2D eigenvalue weighted by Gasteiger charge is 2.11. The number of nitrogens with two attached hydrogens (primary N) is 1. The lowest BCUT2D eigenvalue weighted by atomic mass is 10.1. The first kappa shape index (κ1) is 10.1. The second kappa shape index (κ2) is 4.42. The van der Waals surface area contributed by atoms with E-state index in [1.807, 2.05) is 17.5 Å². The first-order chi connectivity index (χ1) is 7.27. The number of pyridine rings is 1. The Labute approximate surface area is 92.2 Å². The van der Waals surface area contributed by atoms with Gasteiger partial charge in [0.1, 0.15) is 0 Å². The third-order valence-electron chi connectivity index (χ3n) is 2.23. The van der Waals surface area contributed by atoms with Crippen molar-refractivity contribution < 1.29 is 5.11 Å². The predicted octanol–water partition coefficient (Wildman–Crippen LogP) is 2.00. The van der Waals surface area contributed by atoms with Crippen LogP contribution in [0.4, 0.5) is 5.69 Å². The summed E-state index contributed by atoms with van der Waals surface area (Å²) >= 11 is 1.54. The first-order valence-electron chi connectivity index (χ1n) is 4.67. The van der Waals surface area contributed by atoms with Gasteiger partial charge in [-0.3, -0.25) is 4.98 Å². The van der Waals surface area contributed by atoms with E-state index in [-0.39, 0.29) is 0 Å². The third kappa shape index (κ3) is 2.34. The molecular formula is C11H12N2OS. The van der Waals surface area contributed by atoms with Crippen molar-refractivity contribution >= 4 is 17.0 Å². The standard InChI is InChI=1S/C11H12N2OS/c12-9-3-4-13-7-8(9)6-10(14)11-2-1-5-15-11/h1-5,7,10,14H,6H2,(H2,12,13). The van der Waals surface area contributed by atoms with Crippen LogP contribution >= 0.6 is 11.3 Å². The molecule has 3 nitrogen and oxygen atoms in total. The van der Waals surface area contributed by atoms with E-state index in [0.717, 1.165) is 10.4 Å². The Balaban J connectivity index is 2.13.